The molecule has 1 fully saturated rings. The van der Waals surface area contributed by atoms with Gasteiger partial charge in [0.1, 0.15) is 17.7 Å². The molecule has 42 heavy (non-hydrogen) atoms. The number of piperazine rings is 1. The van der Waals surface area contributed by atoms with E-state index in [1.165, 1.54) is 29.2 Å². The number of nitrogens with two attached hydrogens (primary N) is 2. The lowest BCUT2D eigenvalue weighted by atomic mass is 10.1. The van der Waals surface area contributed by atoms with Crippen molar-refractivity contribution in [2.24, 2.45) is 11.5 Å². The Morgan fingerprint density at radius 3 is 1.81 bits per heavy atom. The van der Waals surface area contributed by atoms with Gasteiger partial charge in [-0.1, -0.05) is 24.3 Å². The van der Waals surface area contributed by atoms with E-state index in [2.05, 4.69) is 10.6 Å². The summed E-state index contributed by atoms with van der Waals surface area (Å²) in [5.74, 6) is -2.90. The van der Waals surface area contributed by atoms with Crippen molar-refractivity contribution in [3.05, 3.63) is 70.8 Å². The number of nitrogens with zero attached hydrogens (tertiary/aromatic N) is 2. The van der Waals surface area contributed by atoms with Crippen molar-refractivity contribution in [1.29, 1.82) is 10.8 Å². The van der Waals surface area contributed by atoms with Gasteiger partial charge in [0, 0.05) is 42.3 Å². The average Bonchev–Trinajstić information content (AvgIpc) is 2.95. The predicted molar refractivity (Wildman–Crippen MR) is 155 cm³/mol. The number of hydroxylamine groups is 2. The smallest absolute Gasteiger partial charge is 0.329 e. The Hall–Kier alpha value is -4.98. The average molecular weight is 601 g/mol. The summed E-state index contributed by atoms with van der Waals surface area (Å²) in [6.07, 6.45) is 0.479. The molecule has 0 spiro atoms. The molecule has 2 aromatic carbocycles. The fourth-order valence-corrected chi connectivity index (χ4v) is 4.15. The highest BCUT2D eigenvalue weighted by atomic mass is 35.5. The maximum Gasteiger partial charge on any atom is 0.329 e. The Labute approximate surface area is 248 Å². The SMILES string of the molecule is CC(=O)ON1CCN(C(=O)CNC(=O)c2ccc(C(=N)N)cc2)C(CCCNC(=O)c2ccc(C(=N)N)cc2)C1=O.Cl. The maximum atomic E-state index is 13.1. The van der Waals surface area contributed by atoms with E-state index < -0.39 is 29.7 Å². The van der Waals surface area contributed by atoms with Crippen LogP contribution in [-0.2, 0) is 19.2 Å². The molecule has 1 heterocycles. The lowest BCUT2D eigenvalue weighted by molar-refractivity contribution is -0.207. The molecule has 0 bridgehead atoms. The van der Waals surface area contributed by atoms with Gasteiger partial charge in [-0.25, -0.2) is 0 Å². The zero-order chi connectivity index (χ0) is 30.1. The Kier molecular flexibility index (Phi) is 12.0. The highest BCUT2D eigenvalue weighted by Crippen LogP contribution is 2.17. The molecule has 0 aromatic heterocycles. The molecule has 1 aliphatic heterocycles. The number of carbonyl (C=O) groups excluding carboxylic acids is 5. The van der Waals surface area contributed by atoms with Crippen LogP contribution in [0.5, 0.6) is 0 Å². The molecule has 2 aromatic rings. The third-order valence-electron chi connectivity index (χ3n) is 6.27. The summed E-state index contributed by atoms with van der Waals surface area (Å²) in [7, 11) is 0. The lowest BCUT2D eigenvalue weighted by Crippen LogP contribution is -2.60. The summed E-state index contributed by atoms with van der Waals surface area (Å²) >= 11 is 0. The van der Waals surface area contributed by atoms with Gasteiger partial charge in [-0.3, -0.25) is 34.8 Å². The minimum Gasteiger partial charge on any atom is -0.384 e. The number of nitrogens with one attached hydrogen (secondary N) is 4. The van der Waals surface area contributed by atoms with Crippen LogP contribution in [0, 0.1) is 10.8 Å². The van der Waals surface area contributed by atoms with E-state index in [1.54, 1.807) is 24.3 Å². The van der Waals surface area contributed by atoms with Gasteiger partial charge in [0.05, 0.1) is 13.1 Å². The zero-order valence-corrected chi connectivity index (χ0v) is 23.7. The molecule has 0 radical (unpaired) electrons. The maximum absolute atomic E-state index is 13.1. The van der Waals surface area contributed by atoms with Crippen LogP contribution in [0.2, 0.25) is 0 Å². The molecular weight excluding hydrogens is 568 g/mol. The van der Waals surface area contributed by atoms with Crippen molar-refractivity contribution in [2.45, 2.75) is 25.8 Å². The van der Waals surface area contributed by atoms with Gasteiger partial charge < -0.3 is 31.8 Å². The summed E-state index contributed by atoms with van der Waals surface area (Å²) < 4.78 is 0. The van der Waals surface area contributed by atoms with Gasteiger partial charge >= 0.3 is 5.97 Å². The van der Waals surface area contributed by atoms with E-state index in [1.807, 2.05) is 0 Å². The number of rotatable bonds is 11. The second kappa shape index (κ2) is 15.1. The Morgan fingerprint density at radius 2 is 1.33 bits per heavy atom. The Balaban J connectivity index is 0.00000616. The normalized spacial score (nSPS) is 14.3. The van der Waals surface area contributed by atoms with Crippen molar-refractivity contribution < 1.29 is 28.8 Å². The monoisotopic (exact) mass is 600 g/mol. The Bertz CT molecular complexity index is 1350. The molecule has 3 rings (SSSR count). The fraction of sp³-hybridized carbons (Fsp3) is 0.296. The summed E-state index contributed by atoms with van der Waals surface area (Å²) in [6.45, 7) is 1.02. The van der Waals surface area contributed by atoms with Crippen LogP contribution in [0.25, 0.3) is 0 Å². The van der Waals surface area contributed by atoms with Crippen LogP contribution in [0.3, 0.4) is 0 Å². The Morgan fingerprint density at radius 1 is 0.857 bits per heavy atom. The van der Waals surface area contributed by atoms with Gasteiger partial charge in [0.25, 0.3) is 17.7 Å². The summed E-state index contributed by atoms with van der Waals surface area (Å²) in [4.78, 5) is 68.9. The minimum absolute atomic E-state index is 0. The van der Waals surface area contributed by atoms with Gasteiger partial charge in [-0.2, -0.15) is 5.06 Å². The number of nitrogen functional groups attached to an aromatic ring is 2. The van der Waals surface area contributed by atoms with Crippen LogP contribution < -0.4 is 22.1 Å². The molecule has 1 unspecified atom stereocenters. The van der Waals surface area contributed by atoms with Gasteiger partial charge in [0.2, 0.25) is 5.91 Å². The van der Waals surface area contributed by atoms with E-state index in [-0.39, 0.29) is 68.1 Å². The number of halogens is 1. The highest BCUT2D eigenvalue weighted by molar-refractivity contribution is 6.00. The van der Waals surface area contributed by atoms with Crippen molar-refractivity contribution in [3.8, 4) is 0 Å². The first-order chi connectivity index (χ1) is 19.5. The molecule has 8 N–H and O–H groups in total. The minimum atomic E-state index is -0.978. The topological polar surface area (TPSA) is 225 Å². The van der Waals surface area contributed by atoms with Gasteiger partial charge in [0.15, 0.2) is 0 Å². The first-order valence-corrected chi connectivity index (χ1v) is 12.7. The van der Waals surface area contributed by atoms with Crippen LogP contribution in [-0.4, -0.2) is 83.5 Å². The van der Waals surface area contributed by atoms with Crippen LogP contribution >= 0.6 is 12.4 Å². The number of benzene rings is 2. The highest BCUT2D eigenvalue weighted by Gasteiger charge is 2.38. The van der Waals surface area contributed by atoms with E-state index >= 15 is 0 Å². The summed E-state index contributed by atoms with van der Waals surface area (Å²) in [5, 5.41) is 21.0. The number of amides is 4. The molecule has 224 valence electrons. The zero-order valence-electron chi connectivity index (χ0n) is 22.8. The number of amidine groups is 2. The molecule has 1 aliphatic rings. The van der Waals surface area contributed by atoms with Gasteiger partial charge in [-0.15, -0.1) is 12.4 Å². The summed E-state index contributed by atoms with van der Waals surface area (Å²) in [6, 6.07) is 11.2. The van der Waals surface area contributed by atoms with E-state index in [9.17, 15) is 24.0 Å². The standard InChI is InChI=1S/C27H32N8O6.ClH/c1-16(36)41-35-14-13-34(22(37)15-33-26(39)20-10-6-18(7-11-20)24(30)31)21(27(35)40)3-2-12-32-25(38)19-8-4-17(5-9-19)23(28)29;/h4-11,21H,2-3,12-15H2,1H3,(H3,28,29)(H3,30,31)(H,32,38)(H,33,39);1H. The van der Waals surface area contributed by atoms with Crippen molar-refractivity contribution >= 4 is 53.7 Å². The molecule has 1 saturated heterocycles. The fourth-order valence-electron chi connectivity index (χ4n) is 4.15. The molecule has 1 atom stereocenters. The molecule has 4 amide bonds. The molecule has 0 saturated carbocycles. The van der Waals surface area contributed by atoms with Crippen molar-refractivity contribution in [2.75, 3.05) is 26.2 Å². The second-order valence-corrected chi connectivity index (χ2v) is 9.19. The lowest BCUT2D eigenvalue weighted by Gasteiger charge is -2.39. The molecule has 0 aliphatic carbocycles. The largest absolute Gasteiger partial charge is 0.384 e. The quantitative estimate of drug-likeness (QED) is 0.118. The number of carbonyl (C=O) groups is 5. The van der Waals surface area contributed by atoms with E-state index in [4.69, 9.17) is 27.1 Å². The van der Waals surface area contributed by atoms with E-state index in [0.717, 1.165) is 12.0 Å². The molecule has 14 nitrogen and oxygen atoms in total. The third kappa shape index (κ3) is 8.76. The van der Waals surface area contributed by atoms with Crippen LogP contribution in [0.15, 0.2) is 48.5 Å². The summed E-state index contributed by atoms with van der Waals surface area (Å²) in [5.41, 5.74) is 12.4. The molecule has 15 heteroatoms. The van der Waals surface area contributed by atoms with Crippen LogP contribution in [0.1, 0.15) is 51.6 Å². The molecular formula is C27H33ClN8O6. The van der Waals surface area contributed by atoms with Gasteiger partial charge in [-0.05, 0) is 37.1 Å². The van der Waals surface area contributed by atoms with Crippen molar-refractivity contribution in [1.82, 2.24) is 20.6 Å². The third-order valence-corrected chi connectivity index (χ3v) is 6.27. The van der Waals surface area contributed by atoms with E-state index in [0.29, 0.717) is 23.1 Å². The van der Waals surface area contributed by atoms with Crippen LogP contribution in [0.4, 0.5) is 0 Å². The second-order valence-electron chi connectivity index (χ2n) is 9.19. The predicted octanol–water partition coefficient (Wildman–Crippen LogP) is 0.134. The first-order valence-electron chi connectivity index (χ1n) is 12.7. The first kappa shape index (κ1) is 33.2. The number of hydrogen-bond acceptors (Lipinski definition) is 8. The number of hydrogen-bond donors (Lipinski definition) is 6. The van der Waals surface area contributed by atoms with Crippen molar-refractivity contribution in [3.63, 3.8) is 0 Å².